The summed E-state index contributed by atoms with van der Waals surface area (Å²) >= 11 is 0. The Labute approximate surface area is 170 Å². The van der Waals surface area contributed by atoms with Crippen molar-refractivity contribution in [2.45, 2.75) is 51.4 Å². The number of halogens is 6. The number of hydrogen-bond donors (Lipinski definition) is 0. The summed E-state index contributed by atoms with van der Waals surface area (Å²) in [5.41, 5.74) is -3.79. The average Bonchev–Trinajstić information content (AvgIpc) is 2.69. The van der Waals surface area contributed by atoms with E-state index >= 15 is 0 Å². The average molecular weight is 439 g/mol. The molecule has 0 saturated carbocycles. The van der Waals surface area contributed by atoms with Gasteiger partial charge in [-0.1, -0.05) is 19.8 Å². The highest BCUT2D eigenvalue weighted by atomic mass is 19.4. The van der Waals surface area contributed by atoms with E-state index < -0.39 is 46.8 Å². The SMILES string of the molecule is CCCCCOC(=O)C1CCN(C(=O)c2cc(C(F)(F)F)ccc2C(F)(F)F)CC1. The Kier molecular flexibility index (Phi) is 7.76. The highest BCUT2D eigenvalue weighted by Crippen LogP contribution is 2.37. The Morgan fingerprint density at radius 2 is 1.67 bits per heavy atom. The minimum absolute atomic E-state index is 0.0406. The molecule has 1 aliphatic rings. The zero-order valence-electron chi connectivity index (χ0n) is 16.4. The standard InChI is InChI=1S/C20H23F6NO3/c1-2-3-4-11-30-18(29)13-7-9-27(10-8-13)17(28)15-12-14(19(21,22)23)5-6-16(15)20(24,25)26/h5-6,12-13H,2-4,7-11H2,1H3. The molecule has 0 N–H and O–H groups in total. The molecule has 0 unspecified atom stereocenters. The van der Waals surface area contributed by atoms with Crippen LogP contribution in [0.2, 0.25) is 0 Å². The lowest BCUT2D eigenvalue weighted by atomic mass is 9.95. The molecule has 1 saturated heterocycles. The van der Waals surface area contributed by atoms with Crippen LogP contribution in [0.5, 0.6) is 0 Å². The molecule has 1 aliphatic heterocycles. The summed E-state index contributed by atoms with van der Waals surface area (Å²) in [7, 11) is 0. The molecule has 1 heterocycles. The number of nitrogens with zero attached hydrogens (tertiary/aromatic N) is 1. The molecule has 4 nitrogen and oxygen atoms in total. The number of rotatable bonds is 6. The Hall–Kier alpha value is -2.26. The highest BCUT2D eigenvalue weighted by Gasteiger charge is 2.40. The van der Waals surface area contributed by atoms with Crippen molar-refractivity contribution in [3.8, 4) is 0 Å². The molecule has 0 bridgehead atoms. The summed E-state index contributed by atoms with van der Waals surface area (Å²) < 4.78 is 83.7. The van der Waals surface area contributed by atoms with Gasteiger partial charge in [0.05, 0.1) is 29.2 Å². The number of benzene rings is 1. The van der Waals surface area contributed by atoms with E-state index in [0.29, 0.717) is 6.07 Å². The number of alkyl halides is 6. The zero-order chi connectivity index (χ0) is 22.5. The summed E-state index contributed by atoms with van der Waals surface area (Å²) in [4.78, 5) is 25.7. The molecule has 0 atom stereocenters. The van der Waals surface area contributed by atoms with Crippen molar-refractivity contribution in [2.75, 3.05) is 19.7 Å². The van der Waals surface area contributed by atoms with Crippen LogP contribution in [0.1, 0.15) is 60.5 Å². The number of ether oxygens (including phenoxy) is 1. The molecule has 30 heavy (non-hydrogen) atoms. The van der Waals surface area contributed by atoms with Crippen molar-refractivity contribution < 1.29 is 40.7 Å². The lowest BCUT2D eigenvalue weighted by Crippen LogP contribution is -2.41. The second-order valence-corrected chi connectivity index (χ2v) is 7.20. The Balaban J connectivity index is 2.10. The molecule has 2 rings (SSSR count). The summed E-state index contributed by atoms with van der Waals surface area (Å²) in [6.45, 7) is 2.20. The Morgan fingerprint density at radius 1 is 1.03 bits per heavy atom. The van der Waals surface area contributed by atoms with Crippen LogP contribution in [0, 0.1) is 5.92 Å². The summed E-state index contributed by atoms with van der Waals surface area (Å²) in [5.74, 6) is -2.05. The smallest absolute Gasteiger partial charge is 0.417 e. The van der Waals surface area contributed by atoms with Gasteiger partial charge in [-0.15, -0.1) is 0 Å². The van der Waals surface area contributed by atoms with E-state index in [1.54, 1.807) is 0 Å². The largest absolute Gasteiger partial charge is 0.465 e. The van der Waals surface area contributed by atoms with E-state index in [-0.39, 0.29) is 44.7 Å². The molecule has 168 valence electrons. The molecule has 1 aromatic carbocycles. The van der Waals surface area contributed by atoms with Crippen LogP contribution in [0.3, 0.4) is 0 Å². The third-order valence-corrected chi connectivity index (χ3v) is 4.99. The zero-order valence-corrected chi connectivity index (χ0v) is 16.4. The van der Waals surface area contributed by atoms with Gasteiger partial charge in [-0.3, -0.25) is 9.59 Å². The molecular formula is C20H23F6NO3. The lowest BCUT2D eigenvalue weighted by Gasteiger charge is -2.31. The fourth-order valence-electron chi connectivity index (χ4n) is 3.28. The molecule has 0 radical (unpaired) electrons. The molecule has 1 aromatic rings. The number of piperidine rings is 1. The third kappa shape index (κ3) is 6.12. The maximum atomic E-state index is 13.2. The van der Waals surface area contributed by atoms with Crippen molar-refractivity contribution in [1.29, 1.82) is 0 Å². The minimum Gasteiger partial charge on any atom is -0.465 e. The second kappa shape index (κ2) is 9.70. The quantitative estimate of drug-likeness (QED) is 0.343. The van der Waals surface area contributed by atoms with Gasteiger partial charge in [0, 0.05) is 13.1 Å². The lowest BCUT2D eigenvalue weighted by molar-refractivity contribution is -0.150. The molecule has 10 heteroatoms. The number of hydrogen-bond acceptors (Lipinski definition) is 3. The predicted molar refractivity (Wildman–Crippen MR) is 95.6 cm³/mol. The fraction of sp³-hybridized carbons (Fsp3) is 0.600. The molecule has 0 spiro atoms. The minimum atomic E-state index is -4.98. The molecule has 1 amide bonds. The van der Waals surface area contributed by atoms with Gasteiger partial charge >= 0.3 is 18.3 Å². The van der Waals surface area contributed by atoms with E-state index in [9.17, 15) is 35.9 Å². The number of likely N-dealkylation sites (tertiary alicyclic amines) is 1. The first kappa shape index (κ1) is 24.0. The van der Waals surface area contributed by atoms with Crippen LogP contribution >= 0.6 is 0 Å². The van der Waals surface area contributed by atoms with Crippen molar-refractivity contribution in [1.82, 2.24) is 4.90 Å². The van der Waals surface area contributed by atoms with Gasteiger partial charge in [0.1, 0.15) is 0 Å². The summed E-state index contributed by atoms with van der Waals surface area (Å²) in [6.07, 6.45) is -6.89. The Bertz CT molecular complexity index is 752. The monoisotopic (exact) mass is 439 g/mol. The van der Waals surface area contributed by atoms with Gasteiger partial charge < -0.3 is 9.64 Å². The van der Waals surface area contributed by atoms with Crippen molar-refractivity contribution in [3.63, 3.8) is 0 Å². The number of esters is 1. The van der Waals surface area contributed by atoms with Crippen molar-refractivity contribution in [3.05, 3.63) is 34.9 Å². The van der Waals surface area contributed by atoms with Gasteiger partial charge in [-0.2, -0.15) is 26.3 Å². The van der Waals surface area contributed by atoms with Crippen LogP contribution in [-0.2, 0) is 21.9 Å². The predicted octanol–water partition coefficient (Wildman–Crippen LogP) is 5.31. The van der Waals surface area contributed by atoms with Gasteiger partial charge in [0.2, 0.25) is 0 Å². The summed E-state index contributed by atoms with van der Waals surface area (Å²) in [6, 6.07) is 0.816. The molecule has 1 fully saturated rings. The van der Waals surface area contributed by atoms with Crippen LogP contribution < -0.4 is 0 Å². The van der Waals surface area contributed by atoms with Crippen LogP contribution in [-0.4, -0.2) is 36.5 Å². The van der Waals surface area contributed by atoms with Crippen molar-refractivity contribution >= 4 is 11.9 Å². The Morgan fingerprint density at radius 3 is 2.20 bits per heavy atom. The van der Waals surface area contributed by atoms with Gasteiger partial charge in [0.15, 0.2) is 0 Å². The van der Waals surface area contributed by atoms with Crippen LogP contribution in [0.25, 0.3) is 0 Å². The molecule has 0 aromatic heterocycles. The maximum absolute atomic E-state index is 13.2. The number of amides is 1. The van der Waals surface area contributed by atoms with E-state index in [1.807, 2.05) is 6.92 Å². The fourth-order valence-corrected chi connectivity index (χ4v) is 3.28. The first-order chi connectivity index (χ1) is 13.9. The van der Waals surface area contributed by atoms with Crippen LogP contribution in [0.15, 0.2) is 18.2 Å². The summed E-state index contributed by atoms with van der Waals surface area (Å²) in [5, 5.41) is 0. The van der Waals surface area contributed by atoms with Crippen LogP contribution in [0.4, 0.5) is 26.3 Å². The van der Waals surface area contributed by atoms with Crippen molar-refractivity contribution in [2.24, 2.45) is 5.92 Å². The first-order valence-electron chi connectivity index (χ1n) is 9.69. The first-order valence-corrected chi connectivity index (χ1v) is 9.69. The number of carbonyl (C=O) groups is 2. The van der Waals surface area contributed by atoms with E-state index in [2.05, 4.69) is 0 Å². The molecule has 0 aliphatic carbocycles. The number of unbranched alkanes of at least 4 members (excludes halogenated alkanes) is 2. The van der Waals surface area contributed by atoms with Gasteiger partial charge in [-0.25, -0.2) is 0 Å². The highest BCUT2D eigenvalue weighted by molar-refractivity contribution is 5.96. The van der Waals surface area contributed by atoms with Gasteiger partial charge in [-0.05, 0) is 37.5 Å². The van der Waals surface area contributed by atoms with E-state index in [0.717, 1.165) is 24.2 Å². The molecular weight excluding hydrogens is 416 g/mol. The maximum Gasteiger partial charge on any atom is 0.417 e. The van der Waals surface area contributed by atoms with Gasteiger partial charge in [0.25, 0.3) is 5.91 Å². The topological polar surface area (TPSA) is 46.6 Å². The normalized spacial score (nSPS) is 15.9. The second-order valence-electron chi connectivity index (χ2n) is 7.20. The third-order valence-electron chi connectivity index (χ3n) is 4.99. The van der Waals surface area contributed by atoms with E-state index in [1.165, 1.54) is 0 Å². The van der Waals surface area contributed by atoms with E-state index in [4.69, 9.17) is 4.74 Å². The number of carbonyl (C=O) groups excluding carboxylic acids is 2.